The smallest absolute Gasteiger partial charge is 0.342 e. The van der Waals surface area contributed by atoms with E-state index in [1.54, 1.807) is 0 Å². The molecule has 1 saturated heterocycles. The summed E-state index contributed by atoms with van der Waals surface area (Å²) in [6.07, 6.45) is -4.27. The van der Waals surface area contributed by atoms with Crippen LogP contribution in [0.15, 0.2) is 0 Å². The van der Waals surface area contributed by atoms with Crippen molar-refractivity contribution in [2.45, 2.75) is 38.8 Å². The number of nitrogens with zero attached hydrogens (tertiary/aromatic N) is 2. The van der Waals surface area contributed by atoms with Crippen molar-refractivity contribution in [1.29, 1.82) is 5.26 Å². The average Bonchev–Trinajstić information content (AvgIpc) is 2.15. The Balaban J connectivity index is 2.47. The van der Waals surface area contributed by atoms with E-state index in [2.05, 4.69) is 6.07 Å². The zero-order valence-corrected chi connectivity index (χ0v) is 9.68. The fourth-order valence-electron chi connectivity index (χ4n) is 1.95. The maximum Gasteiger partial charge on any atom is 0.397 e. The van der Waals surface area contributed by atoms with Crippen LogP contribution in [-0.4, -0.2) is 30.1 Å². The molecule has 1 aliphatic rings. The summed E-state index contributed by atoms with van der Waals surface area (Å²) in [5.41, 5.74) is -0.163. The third-order valence-corrected chi connectivity index (χ3v) is 3.18. The lowest BCUT2D eigenvalue weighted by Gasteiger charge is -2.38. The van der Waals surface area contributed by atoms with Gasteiger partial charge in [-0.1, -0.05) is 6.92 Å². The Bertz CT molecular complexity index is 325. The van der Waals surface area contributed by atoms with Crippen LogP contribution >= 0.6 is 0 Å². The standard InChI is InChI=1S/C11H15F3N2O/c1-10(2-5-15)3-6-16(7-4-10)9(17)8-11(12,13)14/h2-4,6-8H2,1H3. The molecule has 0 atom stereocenters. The second-order valence-electron chi connectivity index (χ2n) is 4.82. The van der Waals surface area contributed by atoms with E-state index < -0.39 is 18.5 Å². The van der Waals surface area contributed by atoms with Crippen LogP contribution in [0.4, 0.5) is 13.2 Å². The van der Waals surface area contributed by atoms with E-state index >= 15 is 0 Å². The molecule has 17 heavy (non-hydrogen) atoms. The van der Waals surface area contributed by atoms with Gasteiger partial charge in [-0.15, -0.1) is 0 Å². The molecule has 0 N–H and O–H groups in total. The number of carbonyl (C=O) groups is 1. The minimum atomic E-state index is -4.44. The fraction of sp³-hybridized carbons (Fsp3) is 0.818. The second-order valence-corrected chi connectivity index (χ2v) is 4.82. The topological polar surface area (TPSA) is 44.1 Å². The third kappa shape index (κ3) is 4.25. The van der Waals surface area contributed by atoms with Crippen molar-refractivity contribution in [2.24, 2.45) is 5.41 Å². The number of piperidine rings is 1. The van der Waals surface area contributed by atoms with Crippen LogP contribution in [0.25, 0.3) is 0 Å². The van der Waals surface area contributed by atoms with E-state index in [-0.39, 0.29) is 5.41 Å². The van der Waals surface area contributed by atoms with Crippen molar-refractivity contribution in [3.05, 3.63) is 0 Å². The van der Waals surface area contributed by atoms with Crippen molar-refractivity contribution in [2.75, 3.05) is 13.1 Å². The Morgan fingerprint density at radius 2 is 1.94 bits per heavy atom. The molecule has 1 heterocycles. The zero-order valence-electron chi connectivity index (χ0n) is 9.68. The molecule has 1 amide bonds. The van der Waals surface area contributed by atoms with E-state index in [0.29, 0.717) is 32.4 Å². The summed E-state index contributed by atoms with van der Waals surface area (Å²) in [7, 11) is 0. The molecule has 0 aromatic carbocycles. The maximum atomic E-state index is 12.0. The van der Waals surface area contributed by atoms with Gasteiger partial charge >= 0.3 is 6.18 Å². The number of nitriles is 1. The number of halogens is 3. The van der Waals surface area contributed by atoms with Crippen LogP contribution in [-0.2, 0) is 4.79 Å². The number of hydrogen-bond donors (Lipinski definition) is 0. The monoisotopic (exact) mass is 248 g/mol. The summed E-state index contributed by atoms with van der Waals surface area (Å²) in [5.74, 6) is -0.864. The van der Waals surface area contributed by atoms with Crippen LogP contribution in [0.3, 0.4) is 0 Å². The van der Waals surface area contributed by atoms with Gasteiger partial charge in [0.1, 0.15) is 6.42 Å². The number of carbonyl (C=O) groups excluding carboxylic acids is 1. The molecule has 0 radical (unpaired) electrons. The predicted molar refractivity (Wildman–Crippen MR) is 54.8 cm³/mol. The van der Waals surface area contributed by atoms with E-state index in [0.717, 1.165) is 0 Å². The molecule has 0 aromatic heterocycles. The minimum absolute atomic E-state index is 0.163. The first-order valence-electron chi connectivity index (χ1n) is 5.47. The van der Waals surface area contributed by atoms with Gasteiger partial charge in [0.2, 0.25) is 5.91 Å². The van der Waals surface area contributed by atoms with E-state index in [4.69, 9.17) is 5.26 Å². The van der Waals surface area contributed by atoms with Crippen molar-refractivity contribution in [3.8, 4) is 6.07 Å². The summed E-state index contributed by atoms with van der Waals surface area (Å²) in [4.78, 5) is 12.6. The summed E-state index contributed by atoms with van der Waals surface area (Å²) in [6, 6.07) is 2.08. The Kier molecular flexibility index (Phi) is 4.02. The molecular formula is C11H15F3N2O. The van der Waals surface area contributed by atoms with Gasteiger partial charge in [0.25, 0.3) is 0 Å². The summed E-state index contributed by atoms with van der Waals surface area (Å²) in [6.45, 7) is 2.56. The summed E-state index contributed by atoms with van der Waals surface area (Å²) in [5, 5.41) is 8.63. The average molecular weight is 248 g/mol. The Morgan fingerprint density at radius 1 is 1.41 bits per heavy atom. The Labute approximate surface area is 98.2 Å². The van der Waals surface area contributed by atoms with Crippen LogP contribution in [0.1, 0.15) is 32.6 Å². The molecule has 0 spiro atoms. The first-order valence-corrected chi connectivity index (χ1v) is 5.47. The highest BCUT2D eigenvalue weighted by molar-refractivity contribution is 5.76. The van der Waals surface area contributed by atoms with Crippen molar-refractivity contribution >= 4 is 5.91 Å². The van der Waals surface area contributed by atoms with Gasteiger partial charge in [-0.3, -0.25) is 4.79 Å². The molecule has 1 fully saturated rings. The molecule has 0 bridgehead atoms. The molecule has 96 valence electrons. The van der Waals surface area contributed by atoms with Crippen LogP contribution < -0.4 is 0 Å². The second kappa shape index (κ2) is 4.94. The highest BCUT2D eigenvalue weighted by Gasteiger charge is 2.36. The van der Waals surface area contributed by atoms with Gasteiger partial charge in [0.15, 0.2) is 0 Å². The number of hydrogen-bond acceptors (Lipinski definition) is 2. The lowest BCUT2D eigenvalue weighted by atomic mass is 9.78. The number of alkyl halides is 3. The largest absolute Gasteiger partial charge is 0.397 e. The summed E-state index contributed by atoms with van der Waals surface area (Å²) >= 11 is 0. The summed E-state index contributed by atoms with van der Waals surface area (Å²) < 4.78 is 36.1. The molecule has 0 saturated carbocycles. The van der Waals surface area contributed by atoms with Crippen molar-refractivity contribution in [3.63, 3.8) is 0 Å². The van der Waals surface area contributed by atoms with Gasteiger partial charge in [0, 0.05) is 19.5 Å². The van der Waals surface area contributed by atoms with Crippen molar-refractivity contribution in [1.82, 2.24) is 4.90 Å². The van der Waals surface area contributed by atoms with E-state index in [1.165, 1.54) is 4.90 Å². The normalized spacial score (nSPS) is 19.8. The number of amides is 1. The Hall–Kier alpha value is -1.25. The molecule has 6 heteroatoms. The van der Waals surface area contributed by atoms with Gasteiger partial charge in [-0.05, 0) is 18.3 Å². The third-order valence-electron chi connectivity index (χ3n) is 3.18. The molecule has 0 unspecified atom stereocenters. The number of likely N-dealkylation sites (tertiary alicyclic amines) is 1. The molecule has 0 aromatic rings. The first kappa shape index (κ1) is 13.8. The highest BCUT2D eigenvalue weighted by atomic mass is 19.4. The fourth-order valence-corrected chi connectivity index (χ4v) is 1.95. The van der Waals surface area contributed by atoms with Gasteiger partial charge in [-0.2, -0.15) is 18.4 Å². The highest BCUT2D eigenvalue weighted by Crippen LogP contribution is 2.34. The minimum Gasteiger partial charge on any atom is -0.342 e. The molecule has 0 aliphatic carbocycles. The van der Waals surface area contributed by atoms with Crippen LogP contribution in [0, 0.1) is 16.7 Å². The maximum absolute atomic E-state index is 12.0. The van der Waals surface area contributed by atoms with E-state index in [1.807, 2.05) is 6.92 Å². The molecule has 3 nitrogen and oxygen atoms in total. The zero-order chi connectivity index (χ0) is 13.1. The molecule has 1 aliphatic heterocycles. The first-order chi connectivity index (χ1) is 7.76. The van der Waals surface area contributed by atoms with Crippen molar-refractivity contribution < 1.29 is 18.0 Å². The van der Waals surface area contributed by atoms with Crippen LogP contribution in [0.5, 0.6) is 0 Å². The predicted octanol–water partition coefficient (Wildman–Crippen LogP) is 2.48. The van der Waals surface area contributed by atoms with Crippen LogP contribution in [0.2, 0.25) is 0 Å². The SMILES string of the molecule is CC1(CC#N)CCN(C(=O)CC(F)(F)F)CC1. The van der Waals surface area contributed by atoms with E-state index in [9.17, 15) is 18.0 Å². The van der Waals surface area contributed by atoms with Gasteiger partial charge in [0.05, 0.1) is 6.07 Å². The lowest BCUT2D eigenvalue weighted by Crippen LogP contribution is -2.43. The number of rotatable bonds is 2. The lowest BCUT2D eigenvalue weighted by molar-refractivity contribution is -0.162. The van der Waals surface area contributed by atoms with Gasteiger partial charge < -0.3 is 4.90 Å². The van der Waals surface area contributed by atoms with Gasteiger partial charge in [-0.25, -0.2) is 0 Å². The molecular weight excluding hydrogens is 233 g/mol. The Morgan fingerprint density at radius 3 is 2.35 bits per heavy atom. The quantitative estimate of drug-likeness (QED) is 0.753. The molecule has 1 rings (SSSR count).